The third-order valence-corrected chi connectivity index (χ3v) is 5.44. The first-order valence-corrected chi connectivity index (χ1v) is 9.52. The van der Waals surface area contributed by atoms with Crippen LogP contribution >= 0.6 is 24.8 Å². The Morgan fingerprint density at radius 1 is 1.21 bits per heavy atom. The molecule has 4 rings (SSSR count). The Balaban J connectivity index is 0.00000140. The lowest BCUT2D eigenvalue weighted by Gasteiger charge is -2.36. The lowest BCUT2D eigenvalue weighted by Crippen LogP contribution is -2.49. The van der Waals surface area contributed by atoms with E-state index in [0.29, 0.717) is 6.54 Å². The fourth-order valence-corrected chi connectivity index (χ4v) is 4.04. The van der Waals surface area contributed by atoms with Crippen molar-refractivity contribution >= 4 is 30.7 Å². The number of carbonyl (C=O) groups is 1. The Labute approximate surface area is 179 Å². The molecule has 2 fully saturated rings. The van der Waals surface area contributed by atoms with Gasteiger partial charge in [0, 0.05) is 51.2 Å². The van der Waals surface area contributed by atoms with Crippen molar-refractivity contribution in [1.82, 2.24) is 24.7 Å². The third-order valence-electron chi connectivity index (χ3n) is 5.44. The predicted octanol–water partition coefficient (Wildman–Crippen LogP) is 2.65. The summed E-state index contributed by atoms with van der Waals surface area (Å²) in [5.74, 6) is 1.03. The zero-order chi connectivity index (χ0) is 17.9. The molecule has 0 saturated carbocycles. The van der Waals surface area contributed by atoms with Gasteiger partial charge in [0.25, 0.3) is 5.91 Å². The summed E-state index contributed by atoms with van der Waals surface area (Å²) in [5, 5.41) is 3.39. The molecule has 2 aliphatic rings. The smallest absolute Gasteiger partial charge is 0.254 e. The van der Waals surface area contributed by atoms with E-state index in [1.54, 1.807) is 6.20 Å². The van der Waals surface area contributed by atoms with Gasteiger partial charge in [-0.1, -0.05) is 12.1 Å². The zero-order valence-electron chi connectivity index (χ0n) is 16.2. The minimum atomic E-state index is -0.0292. The fourth-order valence-electron chi connectivity index (χ4n) is 4.04. The molecule has 0 bridgehead atoms. The van der Waals surface area contributed by atoms with Crippen LogP contribution in [0.25, 0.3) is 0 Å². The van der Waals surface area contributed by atoms with Gasteiger partial charge in [0.1, 0.15) is 11.9 Å². The first kappa shape index (κ1) is 22.7. The number of halogens is 2. The van der Waals surface area contributed by atoms with Crippen molar-refractivity contribution in [1.29, 1.82) is 0 Å². The second-order valence-electron chi connectivity index (χ2n) is 7.30. The summed E-state index contributed by atoms with van der Waals surface area (Å²) in [6.45, 7) is 5.52. The van der Waals surface area contributed by atoms with Gasteiger partial charge in [-0.15, -0.1) is 24.8 Å². The van der Waals surface area contributed by atoms with Crippen molar-refractivity contribution in [2.45, 2.75) is 25.4 Å². The summed E-state index contributed by atoms with van der Waals surface area (Å²) in [4.78, 5) is 22.2. The molecule has 28 heavy (non-hydrogen) atoms. The summed E-state index contributed by atoms with van der Waals surface area (Å²) in [5.41, 5.74) is 2.00. The number of aromatic nitrogens is 2. The number of nitrogens with zero attached hydrogens (tertiary/aromatic N) is 4. The highest BCUT2D eigenvalue weighted by Crippen LogP contribution is 2.23. The fraction of sp³-hybridized carbons (Fsp3) is 0.500. The molecular formula is C20H29Cl2N5O. The van der Waals surface area contributed by atoms with Crippen molar-refractivity contribution in [3.8, 4) is 0 Å². The van der Waals surface area contributed by atoms with Crippen molar-refractivity contribution < 1.29 is 4.79 Å². The van der Waals surface area contributed by atoms with E-state index >= 15 is 0 Å². The molecule has 0 spiro atoms. The predicted molar refractivity (Wildman–Crippen MR) is 115 cm³/mol. The van der Waals surface area contributed by atoms with Gasteiger partial charge in [-0.2, -0.15) is 0 Å². The second kappa shape index (κ2) is 10.3. The number of piperazine rings is 1. The molecule has 1 amide bonds. The van der Waals surface area contributed by atoms with E-state index in [-0.39, 0.29) is 36.8 Å². The Kier molecular flexibility index (Phi) is 8.31. The molecule has 1 aromatic heterocycles. The number of hydrogen-bond donors (Lipinski definition) is 1. The number of likely N-dealkylation sites (tertiary alicyclic amines) is 1. The average Bonchev–Trinajstić information content (AvgIpc) is 3.33. The number of aryl methyl sites for hydroxylation is 1. The van der Waals surface area contributed by atoms with Crippen LogP contribution < -0.4 is 5.32 Å². The number of hydrogen-bond acceptors (Lipinski definition) is 4. The van der Waals surface area contributed by atoms with E-state index in [0.717, 1.165) is 44.1 Å². The molecule has 8 heteroatoms. The molecule has 0 radical (unpaired) electrons. The van der Waals surface area contributed by atoms with Crippen LogP contribution in [0.3, 0.4) is 0 Å². The normalized spacial score (nSPS) is 19.8. The number of benzene rings is 1. The SMILES string of the molecule is Cl.Cl.Cn1ccnc1C1CNCCN1C(=O)c1cccc(CN2CCCC2)c1. The van der Waals surface area contributed by atoms with Crippen LogP contribution in [-0.4, -0.2) is 58.0 Å². The Hall–Kier alpha value is -1.60. The maximum absolute atomic E-state index is 13.3. The van der Waals surface area contributed by atoms with E-state index in [4.69, 9.17) is 0 Å². The van der Waals surface area contributed by atoms with Crippen LogP contribution in [0.4, 0.5) is 0 Å². The van der Waals surface area contributed by atoms with E-state index in [9.17, 15) is 4.79 Å². The summed E-state index contributed by atoms with van der Waals surface area (Å²) in [6.07, 6.45) is 6.29. The lowest BCUT2D eigenvalue weighted by atomic mass is 10.1. The monoisotopic (exact) mass is 425 g/mol. The second-order valence-corrected chi connectivity index (χ2v) is 7.30. The number of carbonyl (C=O) groups excluding carboxylic acids is 1. The average molecular weight is 426 g/mol. The zero-order valence-corrected chi connectivity index (χ0v) is 17.8. The first-order chi connectivity index (χ1) is 12.7. The maximum atomic E-state index is 13.3. The quantitative estimate of drug-likeness (QED) is 0.817. The van der Waals surface area contributed by atoms with Crippen molar-refractivity contribution in [2.75, 3.05) is 32.7 Å². The molecule has 0 aliphatic carbocycles. The molecule has 3 heterocycles. The van der Waals surface area contributed by atoms with Gasteiger partial charge in [-0.3, -0.25) is 9.69 Å². The summed E-state index contributed by atoms with van der Waals surface area (Å²) < 4.78 is 2.00. The number of rotatable bonds is 4. The van der Waals surface area contributed by atoms with E-state index in [2.05, 4.69) is 27.3 Å². The minimum Gasteiger partial charge on any atom is -0.336 e. The van der Waals surface area contributed by atoms with Gasteiger partial charge >= 0.3 is 0 Å². The van der Waals surface area contributed by atoms with Crippen LogP contribution in [0.1, 0.15) is 40.6 Å². The summed E-state index contributed by atoms with van der Waals surface area (Å²) in [7, 11) is 1.98. The molecule has 1 atom stereocenters. The largest absolute Gasteiger partial charge is 0.336 e. The van der Waals surface area contributed by atoms with Gasteiger partial charge in [0.15, 0.2) is 0 Å². The molecular weight excluding hydrogens is 397 g/mol. The molecule has 6 nitrogen and oxygen atoms in total. The summed E-state index contributed by atoms with van der Waals surface area (Å²) in [6, 6.07) is 8.11. The highest BCUT2D eigenvalue weighted by Gasteiger charge is 2.31. The lowest BCUT2D eigenvalue weighted by molar-refractivity contribution is 0.0620. The molecule has 1 aromatic carbocycles. The van der Waals surface area contributed by atoms with Crippen LogP contribution in [0.5, 0.6) is 0 Å². The molecule has 154 valence electrons. The van der Waals surface area contributed by atoms with Crippen LogP contribution in [0.2, 0.25) is 0 Å². The van der Waals surface area contributed by atoms with E-state index in [1.807, 2.05) is 34.8 Å². The van der Waals surface area contributed by atoms with Crippen molar-refractivity contribution in [3.63, 3.8) is 0 Å². The van der Waals surface area contributed by atoms with Gasteiger partial charge in [0.05, 0.1) is 0 Å². The summed E-state index contributed by atoms with van der Waals surface area (Å²) >= 11 is 0. The first-order valence-electron chi connectivity index (χ1n) is 9.52. The number of amides is 1. The van der Waals surface area contributed by atoms with Crippen LogP contribution in [0, 0.1) is 0 Å². The number of imidazole rings is 1. The van der Waals surface area contributed by atoms with Gasteiger partial charge in [-0.05, 0) is 43.6 Å². The highest BCUT2D eigenvalue weighted by atomic mass is 35.5. The van der Waals surface area contributed by atoms with Crippen LogP contribution in [-0.2, 0) is 13.6 Å². The minimum absolute atomic E-state index is 0. The van der Waals surface area contributed by atoms with E-state index < -0.39 is 0 Å². The molecule has 2 aliphatic heterocycles. The molecule has 2 saturated heterocycles. The van der Waals surface area contributed by atoms with E-state index in [1.165, 1.54) is 18.4 Å². The molecule has 2 aromatic rings. The Morgan fingerprint density at radius 3 is 2.71 bits per heavy atom. The van der Waals surface area contributed by atoms with Gasteiger partial charge in [-0.25, -0.2) is 4.98 Å². The standard InChI is InChI=1S/C20H27N5O.2ClH/c1-23-11-8-22-19(23)18-14-21-7-12-25(18)20(26)17-6-4-5-16(13-17)15-24-9-2-3-10-24;;/h4-6,8,11,13,18,21H,2-3,7,9-10,12,14-15H2,1H3;2*1H. The Bertz CT molecular complexity index is 775. The molecule has 1 unspecified atom stereocenters. The van der Waals surface area contributed by atoms with Gasteiger partial charge < -0.3 is 14.8 Å². The Morgan fingerprint density at radius 2 is 2.00 bits per heavy atom. The topological polar surface area (TPSA) is 53.4 Å². The van der Waals surface area contributed by atoms with Crippen molar-refractivity contribution in [2.24, 2.45) is 7.05 Å². The maximum Gasteiger partial charge on any atom is 0.254 e. The van der Waals surface area contributed by atoms with Crippen LogP contribution in [0.15, 0.2) is 36.7 Å². The highest BCUT2D eigenvalue weighted by molar-refractivity contribution is 5.94. The molecule has 1 N–H and O–H groups in total. The van der Waals surface area contributed by atoms with Gasteiger partial charge in [0.2, 0.25) is 0 Å². The third kappa shape index (κ3) is 4.87. The van der Waals surface area contributed by atoms with Crippen molar-refractivity contribution in [3.05, 3.63) is 53.6 Å². The number of nitrogens with one attached hydrogen (secondary N) is 1.